The second-order valence-corrected chi connectivity index (χ2v) is 13.0. The molecule has 0 atom stereocenters. The highest BCUT2D eigenvalue weighted by Gasteiger charge is 2.38. The Kier molecular flexibility index (Phi) is 8.65. The number of hydrogen-bond acceptors (Lipinski definition) is 4. The van der Waals surface area contributed by atoms with E-state index in [4.69, 9.17) is 4.65 Å². The molecule has 0 spiro atoms. The highest BCUT2D eigenvalue weighted by molar-refractivity contribution is 6.84. The Bertz CT molecular complexity index is 2350. The zero-order chi connectivity index (χ0) is 35.4. The number of para-hydroxylation sites is 6. The Balaban J connectivity index is 1.19. The van der Waals surface area contributed by atoms with Crippen LogP contribution in [-0.4, -0.2) is 6.92 Å². The van der Waals surface area contributed by atoms with Crippen LogP contribution >= 0.6 is 0 Å². The number of hydrogen-bond donors (Lipinski definition) is 0. The van der Waals surface area contributed by atoms with E-state index in [2.05, 4.69) is 203 Å². The van der Waals surface area contributed by atoms with Gasteiger partial charge in [-0.2, -0.15) is 0 Å². The number of fused-ring (bicyclic) bond motifs is 2. The molecule has 0 radical (unpaired) electrons. The molecule has 1 aliphatic heterocycles. The lowest BCUT2D eigenvalue weighted by Crippen LogP contribution is -2.54. The summed E-state index contributed by atoms with van der Waals surface area (Å²) in [5.41, 5.74) is 11.9. The van der Waals surface area contributed by atoms with Crippen molar-refractivity contribution in [3.63, 3.8) is 0 Å². The van der Waals surface area contributed by atoms with E-state index in [1.54, 1.807) is 0 Å². The SMILES string of the molecule is c1ccc(OB2c3ccccc3N(c3ccc(N(c4ccccc4)c4ccccc4)cc3)c3ccc(N(c4ccccc4)c4ccccc4)cc32)cc1. The molecule has 0 amide bonds. The molecule has 5 heteroatoms. The van der Waals surface area contributed by atoms with E-state index in [1.807, 2.05) is 30.3 Å². The molecule has 8 aromatic carbocycles. The van der Waals surface area contributed by atoms with Crippen LogP contribution in [0, 0.1) is 0 Å². The number of benzene rings is 8. The van der Waals surface area contributed by atoms with Crippen LogP contribution in [0.3, 0.4) is 0 Å². The second-order valence-electron chi connectivity index (χ2n) is 13.0. The predicted molar refractivity (Wildman–Crippen MR) is 223 cm³/mol. The van der Waals surface area contributed by atoms with Gasteiger partial charge in [-0.25, -0.2) is 0 Å². The molecule has 4 nitrogen and oxygen atoms in total. The van der Waals surface area contributed by atoms with E-state index in [0.717, 1.165) is 67.9 Å². The molecule has 8 aromatic rings. The minimum absolute atomic E-state index is 0.334. The molecular weight excluding hydrogens is 645 g/mol. The molecule has 0 N–H and O–H groups in total. The van der Waals surface area contributed by atoms with Crippen LogP contribution in [0.1, 0.15) is 0 Å². The van der Waals surface area contributed by atoms with E-state index in [1.165, 1.54) is 0 Å². The first-order valence-corrected chi connectivity index (χ1v) is 18.0. The zero-order valence-electron chi connectivity index (χ0n) is 29.1. The van der Waals surface area contributed by atoms with Gasteiger partial charge >= 0.3 is 6.92 Å². The first kappa shape index (κ1) is 32.0. The third-order valence-corrected chi connectivity index (χ3v) is 9.67. The smallest absolute Gasteiger partial charge is 0.430 e. The summed E-state index contributed by atoms with van der Waals surface area (Å²) in [5.74, 6) is 0.825. The molecule has 0 bridgehead atoms. The van der Waals surface area contributed by atoms with Crippen LogP contribution in [0.5, 0.6) is 5.75 Å². The van der Waals surface area contributed by atoms with Crippen molar-refractivity contribution in [2.24, 2.45) is 0 Å². The Morgan fingerprint density at radius 3 is 1.26 bits per heavy atom. The van der Waals surface area contributed by atoms with Gasteiger partial charge in [0.05, 0.1) is 5.75 Å². The Morgan fingerprint density at radius 2 is 0.736 bits per heavy atom. The average molecular weight is 682 g/mol. The van der Waals surface area contributed by atoms with Gasteiger partial charge in [0, 0.05) is 51.2 Å². The Morgan fingerprint density at radius 1 is 0.340 bits per heavy atom. The summed E-state index contributed by atoms with van der Waals surface area (Å²) < 4.78 is 6.94. The third-order valence-electron chi connectivity index (χ3n) is 9.67. The number of rotatable bonds is 9. The van der Waals surface area contributed by atoms with Gasteiger partial charge in [-0.3, -0.25) is 0 Å². The van der Waals surface area contributed by atoms with Crippen LogP contribution in [0.15, 0.2) is 218 Å². The van der Waals surface area contributed by atoms with Gasteiger partial charge in [-0.05, 0) is 120 Å². The van der Waals surface area contributed by atoms with Gasteiger partial charge in [0.15, 0.2) is 0 Å². The molecule has 53 heavy (non-hydrogen) atoms. The van der Waals surface area contributed by atoms with Gasteiger partial charge in [0.2, 0.25) is 0 Å². The van der Waals surface area contributed by atoms with E-state index in [9.17, 15) is 0 Å². The first-order chi connectivity index (χ1) is 26.3. The van der Waals surface area contributed by atoms with Crippen molar-refractivity contribution in [1.29, 1.82) is 0 Å². The molecular formula is C48H36BN3O. The highest BCUT2D eigenvalue weighted by atomic mass is 16.4. The summed E-state index contributed by atoms with van der Waals surface area (Å²) >= 11 is 0. The summed E-state index contributed by atoms with van der Waals surface area (Å²) in [6, 6.07) is 76.5. The van der Waals surface area contributed by atoms with Crippen LogP contribution < -0.4 is 30.3 Å². The maximum absolute atomic E-state index is 6.94. The lowest BCUT2D eigenvalue weighted by molar-refractivity contribution is 0.591. The van der Waals surface area contributed by atoms with Gasteiger partial charge < -0.3 is 19.4 Å². The molecule has 0 saturated heterocycles. The quantitative estimate of drug-likeness (QED) is 0.141. The summed E-state index contributed by atoms with van der Waals surface area (Å²) in [4.78, 5) is 6.97. The van der Waals surface area contributed by atoms with Crippen molar-refractivity contribution >= 4 is 69.0 Å². The van der Waals surface area contributed by atoms with E-state index in [0.29, 0.717) is 0 Å². The molecule has 9 rings (SSSR count). The molecule has 1 aliphatic rings. The van der Waals surface area contributed by atoms with Crippen LogP contribution in [0.2, 0.25) is 0 Å². The van der Waals surface area contributed by atoms with E-state index in [-0.39, 0.29) is 6.92 Å². The van der Waals surface area contributed by atoms with E-state index < -0.39 is 0 Å². The molecule has 1 heterocycles. The first-order valence-electron chi connectivity index (χ1n) is 18.0. The predicted octanol–water partition coefficient (Wildman–Crippen LogP) is 11.6. The fraction of sp³-hybridized carbons (Fsp3) is 0. The third kappa shape index (κ3) is 6.30. The summed E-state index contributed by atoms with van der Waals surface area (Å²) in [7, 11) is 0. The topological polar surface area (TPSA) is 19.0 Å². The van der Waals surface area contributed by atoms with Crippen molar-refractivity contribution in [2.45, 2.75) is 0 Å². The lowest BCUT2D eigenvalue weighted by Gasteiger charge is -2.37. The maximum atomic E-state index is 6.94. The largest absolute Gasteiger partial charge is 0.551 e. The fourth-order valence-electron chi connectivity index (χ4n) is 7.30. The normalized spacial score (nSPS) is 11.7. The fourth-order valence-corrected chi connectivity index (χ4v) is 7.30. The molecule has 0 fully saturated rings. The molecule has 0 aliphatic carbocycles. The lowest BCUT2D eigenvalue weighted by atomic mass is 9.52. The van der Waals surface area contributed by atoms with Crippen LogP contribution in [0.25, 0.3) is 0 Å². The highest BCUT2D eigenvalue weighted by Crippen LogP contribution is 2.42. The second kappa shape index (κ2) is 14.3. The Hall–Kier alpha value is -6.98. The molecule has 252 valence electrons. The molecule has 0 saturated carbocycles. The molecule has 0 aromatic heterocycles. The monoisotopic (exact) mass is 681 g/mol. The van der Waals surface area contributed by atoms with Gasteiger partial charge in [0.25, 0.3) is 0 Å². The minimum Gasteiger partial charge on any atom is -0.551 e. The van der Waals surface area contributed by atoms with Crippen molar-refractivity contribution in [3.8, 4) is 5.75 Å². The minimum atomic E-state index is -0.334. The van der Waals surface area contributed by atoms with Gasteiger partial charge in [0.1, 0.15) is 0 Å². The van der Waals surface area contributed by atoms with Crippen molar-refractivity contribution < 1.29 is 4.65 Å². The zero-order valence-corrected chi connectivity index (χ0v) is 29.1. The summed E-state index contributed by atoms with van der Waals surface area (Å²) in [6.07, 6.45) is 0. The van der Waals surface area contributed by atoms with Crippen LogP contribution in [0.4, 0.5) is 51.2 Å². The average Bonchev–Trinajstić information content (AvgIpc) is 3.23. The number of nitrogens with zero attached hydrogens (tertiary/aromatic N) is 3. The van der Waals surface area contributed by atoms with Gasteiger partial charge in [-0.15, -0.1) is 0 Å². The standard InChI is InChI=1S/C48H36BN3O/c1-6-18-37(19-7-1)50(38-20-8-2-9-21-38)41-30-32-42(33-31-41)52-47-29-17-16-28-45(47)49(53-44-26-14-5-15-27-44)46-36-43(34-35-48(46)52)51(39-22-10-3-11-23-39)40-24-12-4-13-25-40/h1-36H. The Labute approximate surface area is 311 Å². The molecule has 0 unspecified atom stereocenters. The van der Waals surface area contributed by atoms with Crippen molar-refractivity contribution in [3.05, 3.63) is 218 Å². The number of anilines is 9. The van der Waals surface area contributed by atoms with Crippen molar-refractivity contribution in [1.82, 2.24) is 0 Å². The summed E-state index contributed by atoms with van der Waals surface area (Å²) in [6.45, 7) is -0.334. The van der Waals surface area contributed by atoms with Crippen LogP contribution in [-0.2, 0) is 0 Å². The summed E-state index contributed by atoms with van der Waals surface area (Å²) in [5, 5.41) is 0. The maximum Gasteiger partial charge on any atom is 0.430 e. The van der Waals surface area contributed by atoms with Gasteiger partial charge in [-0.1, -0.05) is 109 Å². The van der Waals surface area contributed by atoms with Crippen molar-refractivity contribution in [2.75, 3.05) is 14.7 Å². The van der Waals surface area contributed by atoms with E-state index >= 15 is 0 Å².